The van der Waals surface area contributed by atoms with Gasteiger partial charge in [0.25, 0.3) is 5.91 Å². The van der Waals surface area contributed by atoms with E-state index in [2.05, 4.69) is 24.3 Å². The van der Waals surface area contributed by atoms with Gasteiger partial charge in [-0.05, 0) is 30.2 Å². The fraction of sp³-hybridized carbons (Fsp3) is 0.333. The summed E-state index contributed by atoms with van der Waals surface area (Å²) < 4.78 is 15.4. The first kappa shape index (κ1) is 15.2. The molecule has 112 valence electrons. The summed E-state index contributed by atoms with van der Waals surface area (Å²) in [4.78, 5) is 11.0. The lowest BCUT2D eigenvalue weighted by Crippen LogP contribution is -2.19. The van der Waals surface area contributed by atoms with E-state index in [4.69, 9.17) is 5.73 Å². The minimum Gasteiger partial charge on any atom is -0.366 e. The van der Waals surface area contributed by atoms with Crippen molar-refractivity contribution in [3.63, 3.8) is 0 Å². The van der Waals surface area contributed by atoms with E-state index < -0.39 is 11.7 Å². The van der Waals surface area contributed by atoms with E-state index in [1.165, 1.54) is 23.1 Å². The third-order valence-electron chi connectivity index (χ3n) is 3.01. The van der Waals surface area contributed by atoms with Crippen molar-refractivity contribution < 1.29 is 9.18 Å². The van der Waals surface area contributed by atoms with Crippen LogP contribution in [0.25, 0.3) is 5.69 Å². The topological polar surface area (TPSA) is 72.9 Å². The van der Waals surface area contributed by atoms with Gasteiger partial charge >= 0.3 is 0 Å². The first-order valence-corrected chi connectivity index (χ1v) is 6.81. The molecule has 0 saturated heterocycles. The van der Waals surface area contributed by atoms with E-state index in [9.17, 15) is 9.18 Å². The van der Waals surface area contributed by atoms with Gasteiger partial charge in [-0.15, -0.1) is 0 Å². The molecule has 0 unspecified atom stereocenters. The molecule has 0 fully saturated rings. The Balaban J connectivity index is 2.13. The molecule has 0 saturated carbocycles. The first-order valence-electron chi connectivity index (χ1n) is 6.81. The van der Waals surface area contributed by atoms with Gasteiger partial charge < -0.3 is 11.1 Å². The molecule has 1 amide bonds. The number of carbonyl (C=O) groups excluding carboxylic acids is 1. The third-order valence-corrected chi connectivity index (χ3v) is 3.01. The van der Waals surface area contributed by atoms with Crippen molar-refractivity contribution in [2.45, 2.75) is 20.4 Å². The zero-order chi connectivity index (χ0) is 15.4. The number of halogens is 1. The Labute approximate surface area is 123 Å². The quantitative estimate of drug-likeness (QED) is 0.853. The van der Waals surface area contributed by atoms with Crippen LogP contribution in [0.4, 0.5) is 4.39 Å². The fourth-order valence-electron chi connectivity index (χ4n) is 1.93. The van der Waals surface area contributed by atoms with Gasteiger partial charge in [0.15, 0.2) is 0 Å². The SMILES string of the molecule is CC(C)CNCc1ccc(-n2cc(C(N)=O)cn2)c(F)c1. The molecule has 5 nitrogen and oxygen atoms in total. The van der Waals surface area contributed by atoms with Gasteiger partial charge in [-0.1, -0.05) is 19.9 Å². The summed E-state index contributed by atoms with van der Waals surface area (Å²) in [6.07, 6.45) is 2.73. The number of amides is 1. The zero-order valence-corrected chi connectivity index (χ0v) is 12.1. The molecule has 0 spiro atoms. The van der Waals surface area contributed by atoms with E-state index in [1.54, 1.807) is 6.07 Å². The smallest absolute Gasteiger partial charge is 0.251 e. The molecule has 6 heteroatoms. The second-order valence-electron chi connectivity index (χ2n) is 5.35. The number of primary amides is 1. The predicted octanol–water partition coefficient (Wildman–Crippen LogP) is 1.86. The lowest BCUT2D eigenvalue weighted by Gasteiger charge is -2.09. The molecule has 0 aliphatic rings. The van der Waals surface area contributed by atoms with Crippen LogP contribution >= 0.6 is 0 Å². The molecule has 2 rings (SSSR count). The van der Waals surface area contributed by atoms with Crippen molar-refractivity contribution in [1.82, 2.24) is 15.1 Å². The highest BCUT2D eigenvalue weighted by Gasteiger charge is 2.10. The standard InChI is InChI=1S/C15H19FN4O/c1-10(2)6-18-7-11-3-4-14(13(16)5-11)20-9-12(8-19-20)15(17)21/h3-5,8-10,18H,6-7H2,1-2H3,(H2,17,21). The van der Waals surface area contributed by atoms with Crippen LogP contribution in [-0.4, -0.2) is 22.2 Å². The summed E-state index contributed by atoms with van der Waals surface area (Å²) in [5.74, 6) is -0.431. The maximum absolute atomic E-state index is 14.1. The molecular weight excluding hydrogens is 271 g/mol. The van der Waals surface area contributed by atoms with Gasteiger partial charge in [-0.3, -0.25) is 4.79 Å². The molecule has 21 heavy (non-hydrogen) atoms. The van der Waals surface area contributed by atoms with E-state index in [0.29, 0.717) is 12.5 Å². The number of hydrogen-bond donors (Lipinski definition) is 2. The summed E-state index contributed by atoms with van der Waals surface area (Å²) >= 11 is 0. The molecular formula is C15H19FN4O. The maximum atomic E-state index is 14.1. The molecule has 0 atom stereocenters. The van der Waals surface area contributed by atoms with Crippen molar-refractivity contribution in [2.75, 3.05) is 6.54 Å². The molecule has 0 aliphatic heterocycles. The van der Waals surface area contributed by atoms with Crippen molar-refractivity contribution in [2.24, 2.45) is 11.7 Å². The van der Waals surface area contributed by atoms with Crippen LogP contribution in [-0.2, 0) is 6.54 Å². The molecule has 1 heterocycles. The lowest BCUT2D eigenvalue weighted by atomic mass is 10.1. The number of aromatic nitrogens is 2. The Kier molecular flexibility index (Phi) is 4.70. The predicted molar refractivity (Wildman–Crippen MR) is 78.6 cm³/mol. The maximum Gasteiger partial charge on any atom is 0.251 e. The average molecular weight is 290 g/mol. The van der Waals surface area contributed by atoms with Gasteiger partial charge in [0, 0.05) is 12.7 Å². The third kappa shape index (κ3) is 3.88. The van der Waals surface area contributed by atoms with E-state index in [1.807, 2.05) is 6.07 Å². The van der Waals surface area contributed by atoms with E-state index in [0.717, 1.165) is 12.1 Å². The Morgan fingerprint density at radius 3 is 2.81 bits per heavy atom. The largest absolute Gasteiger partial charge is 0.366 e. The molecule has 1 aromatic carbocycles. The molecule has 0 aliphatic carbocycles. The van der Waals surface area contributed by atoms with E-state index >= 15 is 0 Å². The van der Waals surface area contributed by atoms with Crippen LogP contribution in [0.3, 0.4) is 0 Å². The summed E-state index contributed by atoms with van der Waals surface area (Å²) in [7, 11) is 0. The van der Waals surface area contributed by atoms with Crippen molar-refractivity contribution in [3.8, 4) is 5.69 Å². The number of benzene rings is 1. The number of nitrogens with one attached hydrogen (secondary N) is 1. The Hall–Kier alpha value is -2.21. The number of nitrogens with zero attached hydrogens (tertiary/aromatic N) is 2. The highest BCUT2D eigenvalue weighted by Crippen LogP contribution is 2.15. The average Bonchev–Trinajstić information content (AvgIpc) is 2.88. The van der Waals surface area contributed by atoms with Crippen molar-refractivity contribution in [1.29, 1.82) is 0 Å². The summed E-state index contributed by atoms with van der Waals surface area (Å²) in [5, 5.41) is 7.20. The summed E-state index contributed by atoms with van der Waals surface area (Å²) in [6, 6.07) is 4.94. The molecule has 0 bridgehead atoms. The van der Waals surface area contributed by atoms with Crippen molar-refractivity contribution in [3.05, 3.63) is 47.5 Å². The highest BCUT2D eigenvalue weighted by molar-refractivity contribution is 5.92. The second kappa shape index (κ2) is 6.49. The minimum absolute atomic E-state index is 0.247. The molecule has 2 aromatic rings. The van der Waals surface area contributed by atoms with Crippen LogP contribution in [0.15, 0.2) is 30.6 Å². The molecule has 3 N–H and O–H groups in total. The summed E-state index contributed by atoms with van der Waals surface area (Å²) in [5.41, 5.74) is 6.55. The van der Waals surface area contributed by atoms with Crippen LogP contribution in [0, 0.1) is 11.7 Å². The minimum atomic E-state index is -0.587. The number of carbonyl (C=O) groups is 1. The number of hydrogen-bond acceptors (Lipinski definition) is 3. The van der Waals surface area contributed by atoms with Gasteiger partial charge in [-0.25, -0.2) is 9.07 Å². The molecule has 1 aromatic heterocycles. The number of rotatable bonds is 6. The van der Waals surface area contributed by atoms with E-state index in [-0.39, 0.29) is 11.3 Å². The fourth-order valence-corrected chi connectivity index (χ4v) is 1.93. The Morgan fingerprint density at radius 2 is 2.24 bits per heavy atom. The second-order valence-corrected chi connectivity index (χ2v) is 5.35. The van der Waals surface area contributed by atoms with Crippen LogP contribution < -0.4 is 11.1 Å². The monoisotopic (exact) mass is 290 g/mol. The lowest BCUT2D eigenvalue weighted by molar-refractivity contribution is 0.100. The van der Waals surface area contributed by atoms with Gasteiger partial charge in [-0.2, -0.15) is 5.10 Å². The highest BCUT2D eigenvalue weighted by atomic mass is 19.1. The normalized spacial score (nSPS) is 11.0. The van der Waals surface area contributed by atoms with Crippen molar-refractivity contribution >= 4 is 5.91 Å². The number of nitrogens with two attached hydrogens (primary N) is 1. The Morgan fingerprint density at radius 1 is 1.48 bits per heavy atom. The molecule has 0 radical (unpaired) electrons. The van der Waals surface area contributed by atoms with Crippen LogP contribution in [0.1, 0.15) is 29.8 Å². The van der Waals surface area contributed by atoms with Gasteiger partial charge in [0.1, 0.15) is 11.5 Å². The van der Waals surface area contributed by atoms with Crippen LogP contribution in [0.2, 0.25) is 0 Å². The summed E-state index contributed by atoms with van der Waals surface area (Å²) in [6.45, 7) is 5.72. The Bertz CT molecular complexity index is 636. The van der Waals surface area contributed by atoms with Gasteiger partial charge in [0.05, 0.1) is 11.8 Å². The van der Waals surface area contributed by atoms with Crippen LogP contribution in [0.5, 0.6) is 0 Å². The zero-order valence-electron chi connectivity index (χ0n) is 12.1. The van der Waals surface area contributed by atoms with Gasteiger partial charge in [0.2, 0.25) is 0 Å². The first-order chi connectivity index (χ1) is 9.97.